The molecule has 2 unspecified atom stereocenters. The zero-order chi connectivity index (χ0) is 27.5. The zero-order valence-corrected chi connectivity index (χ0v) is 21.9. The van der Waals surface area contributed by atoms with E-state index in [1.807, 2.05) is 0 Å². The summed E-state index contributed by atoms with van der Waals surface area (Å²) in [6.07, 6.45) is 2.03. The second-order valence-corrected chi connectivity index (χ2v) is 9.40. The van der Waals surface area contributed by atoms with Crippen molar-refractivity contribution in [3.05, 3.63) is 22.3 Å². The van der Waals surface area contributed by atoms with Crippen molar-refractivity contribution in [2.45, 2.75) is 80.1 Å². The molecule has 0 saturated carbocycles. The maximum absolute atomic E-state index is 13.1. The first-order chi connectivity index (χ1) is 16.9. The van der Waals surface area contributed by atoms with Gasteiger partial charge in [-0.05, 0) is 25.7 Å². The highest BCUT2D eigenvalue weighted by Gasteiger charge is 2.36. The van der Waals surface area contributed by atoms with Crippen LogP contribution in [0.3, 0.4) is 0 Å². The predicted octanol–water partition coefficient (Wildman–Crippen LogP) is 5.95. The summed E-state index contributed by atoms with van der Waals surface area (Å²) in [5, 5.41) is 66.5. The molecule has 0 fully saturated rings. The molecule has 6 N–H and O–H groups in total. The number of hydrogen-bond acceptors (Lipinski definition) is 8. The van der Waals surface area contributed by atoms with Crippen LogP contribution in [0.5, 0.6) is 34.5 Å². The largest absolute Gasteiger partial charge is 0.507 e. The quantitative estimate of drug-likeness (QED) is 0.206. The number of benzene rings is 2. The van der Waals surface area contributed by atoms with E-state index in [4.69, 9.17) is 0 Å². The van der Waals surface area contributed by atoms with Crippen molar-refractivity contribution >= 4 is 11.6 Å². The first kappa shape index (κ1) is 28.8. The maximum Gasteiger partial charge on any atom is 0.173 e. The van der Waals surface area contributed by atoms with Crippen molar-refractivity contribution in [1.29, 1.82) is 0 Å². The fourth-order valence-corrected chi connectivity index (χ4v) is 4.30. The zero-order valence-electron chi connectivity index (χ0n) is 21.9. The van der Waals surface area contributed by atoms with E-state index in [0.717, 1.165) is 0 Å². The molecule has 0 aliphatic rings. The molecule has 0 heterocycles. The highest BCUT2D eigenvalue weighted by molar-refractivity contribution is 6.10. The van der Waals surface area contributed by atoms with Crippen LogP contribution in [0.1, 0.15) is 99.1 Å². The monoisotopic (exact) mass is 502 g/mol. The molecule has 0 saturated heterocycles. The van der Waals surface area contributed by atoms with Crippen LogP contribution >= 0.6 is 0 Å². The molecule has 0 aliphatic heterocycles. The van der Waals surface area contributed by atoms with Crippen molar-refractivity contribution in [2.75, 3.05) is 0 Å². The third kappa shape index (κ3) is 4.81. The number of carbonyl (C=O) groups is 2. The minimum absolute atomic E-state index is 0.0318. The average Bonchev–Trinajstić information content (AvgIpc) is 2.85. The van der Waals surface area contributed by atoms with Crippen LogP contribution in [0.15, 0.2) is 0 Å². The lowest BCUT2D eigenvalue weighted by Crippen LogP contribution is -2.13. The highest BCUT2D eigenvalue weighted by atomic mass is 16.3. The molecule has 0 aliphatic carbocycles. The average molecular weight is 503 g/mol. The van der Waals surface area contributed by atoms with Gasteiger partial charge < -0.3 is 30.6 Å². The molecule has 198 valence electrons. The number of phenolic OH excluding ortho intramolecular Hbond substituents is 6. The van der Waals surface area contributed by atoms with Crippen molar-refractivity contribution < 1.29 is 40.2 Å². The molecule has 36 heavy (non-hydrogen) atoms. The first-order valence-electron chi connectivity index (χ1n) is 12.6. The fraction of sp³-hybridized carbons (Fsp3) is 0.500. The number of phenols is 6. The summed E-state index contributed by atoms with van der Waals surface area (Å²) in [4.78, 5) is 26.3. The van der Waals surface area contributed by atoms with E-state index in [0.29, 0.717) is 25.7 Å². The summed E-state index contributed by atoms with van der Waals surface area (Å²) in [7, 11) is 0. The summed E-state index contributed by atoms with van der Waals surface area (Å²) in [6, 6.07) is 0. The van der Waals surface area contributed by atoms with Crippen LogP contribution in [0, 0.1) is 11.8 Å². The summed E-state index contributed by atoms with van der Waals surface area (Å²) < 4.78 is 0. The van der Waals surface area contributed by atoms with E-state index in [1.165, 1.54) is 0 Å². The Bertz CT molecular complexity index is 1070. The molecule has 2 rings (SSSR count). The highest BCUT2D eigenvalue weighted by Crippen LogP contribution is 2.56. The first-order valence-corrected chi connectivity index (χ1v) is 12.6. The summed E-state index contributed by atoms with van der Waals surface area (Å²) in [5.74, 6) is -6.34. The lowest BCUT2D eigenvalue weighted by Gasteiger charge is -2.23. The van der Waals surface area contributed by atoms with Crippen LogP contribution in [0.4, 0.5) is 0 Å². The molecule has 0 radical (unpaired) electrons. The van der Waals surface area contributed by atoms with Gasteiger partial charge in [-0.3, -0.25) is 9.59 Å². The lowest BCUT2D eigenvalue weighted by molar-refractivity contribution is 0.0912. The molecule has 8 heteroatoms. The van der Waals surface area contributed by atoms with Gasteiger partial charge in [0.1, 0.15) is 45.6 Å². The van der Waals surface area contributed by atoms with Gasteiger partial charge in [-0.1, -0.05) is 54.4 Å². The van der Waals surface area contributed by atoms with Gasteiger partial charge in [-0.2, -0.15) is 0 Å². The van der Waals surface area contributed by atoms with Crippen molar-refractivity contribution in [1.82, 2.24) is 0 Å². The number of hydrogen-bond donors (Lipinski definition) is 6. The molecule has 0 spiro atoms. The number of aromatic hydroxyl groups is 6. The minimum atomic E-state index is -0.823. The number of carbonyl (C=O) groups excluding carboxylic acids is 2. The Morgan fingerprint density at radius 1 is 0.556 bits per heavy atom. The van der Waals surface area contributed by atoms with Crippen molar-refractivity contribution in [3.63, 3.8) is 0 Å². The normalized spacial score (nSPS) is 12.9. The summed E-state index contributed by atoms with van der Waals surface area (Å²) in [5.41, 5.74) is -1.88. The Kier molecular flexibility index (Phi) is 9.24. The van der Waals surface area contributed by atoms with Crippen molar-refractivity contribution in [3.8, 4) is 45.6 Å². The summed E-state index contributed by atoms with van der Waals surface area (Å²) >= 11 is 0. The smallest absolute Gasteiger partial charge is 0.173 e. The van der Waals surface area contributed by atoms with E-state index in [1.54, 1.807) is 41.5 Å². The molecule has 2 atom stereocenters. The van der Waals surface area contributed by atoms with E-state index < -0.39 is 80.2 Å². The second kappa shape index (κ2) is 11.5. The lowest BCUT2D eigenvalue weighted by atomic mass is 9.84. The molecule has 2 aromatic carbocycles. The SMILES string of the molecule is CCCc1c(O)c(C(=O)C(C)CC)c(O)c(-c2c(O)c(CCC)c(O)c(C(=O)C(C)CC)c2O)c1O. The maximum atomic E-state index is 13.1. The van der Waals surface area contributed by atoms with Gasteiger partial charge in [0.2, 0.25) is 0 Å². The molecular weight excluding hydrogens is 464 g/mol. The van der Waals surface area contributed by atoms with Gasteiger partial charge in [-0.25, -0.2) is 0 Å². The molecule has 0 amide bonds. The molecule has 0 aromatic heterocycles. The summed E-state index contributed by atoms with van der Waals surface area (Å²) in [6.45, 7) is 10.4. The Morgan fingerprint density at radius 2 is 0.861 bits per heavy atom. The predicted molar refractivity (Wildman–Crippen MR) is 137 cm³/mol. The third-order valence-electron chi connectivity index (χ3n) is 6.90. The van der Waals surface area contributed by atoms with Crippen LogP contribution in [0.2, 0.25) is 0 Å². The Balaban J connectivity index is 3.15. The third-order valence-corrected chi connectivity index (χ3v) is 6.90. The van der Waals surface area contributed by atoms with Gasteiger partial charge in [0, 0.05) is 23.0 Å². The Morgan fingerprint density at radius 3 is 1.11 bits per heavy atom. The van der Waals surface area contributed by atoms with E-state index in [2.05, 4.69) is 0 Å². The Hall–Kier alpha value is -3.42. The number of Topliss-reactive ketones (excluding diaryl/α,β-unsaturated/α-hetero) is 2. The molecule has 2 aromatic rings. The fourth-order valence-electron chi connectivity index (χ4n) is 4.30. The van der Waals surface area contributed by atoms with Gasteiger partial charge in [-0.15, -0.1) is 0 Å². The van der Waals surface area contributed by atoms with E-state index >= 15 is 0 Å². The van der Waals surface area contributed by atoms with Gasteiger partial charge in [0.25, 0.3) is 0 Å². The molecule has 8 nitrogen and oxygen atoms in total. The van der Waals surface area contributed by atoms with Crippen LogP contribution in [-0.2, 0) is 12.8 Å². The number of rotatable bonds is 11. The van der Waals surface area contributed by atoms with E-state index in [9.17, 15) is 40.2 Å². The van der Waals surface area contributed by atoms with Crippen LogP contribution in [-0.4, -0.2) is 42.2 Å². The van der Waals surface area contributed by atoms with Gasteiger partial charge in [0.15, 0.2) is 11.6 Å². The van der Waals surface area contributed by atoms with Crippen molar-refractivity contribution in [2.24, 2.45) is 11.8 Å². The number of ketones is 2. The van der Waals surface area contributed by atoms with Crippen LogP contribution < -0.4 is 0 Å². The minimum Gasteiger partial charge on any atom is -0.507 e. The Labute approximate surface area is 211 Å². The molecular formula is C28H38O8. The second-order valence-electron chi connectivity index (χ2n) is 9.40. The standard InChI is InChI=1S/C28H38O8/c1-7-11-15-23(31)17(27(35)19(25(15)33)21(29)13(5)9-3)18-24(32)16(12-8-2)26(34)20(28(18)36)22(30)14(6)10-4/h13-14,31-36H,7-12H2,1-6H3. The van der Waals surface area contributed by atoms with Crippen LogP contribution in [0.25, 0.3) is 11.1 Å². The van der Waals surface area contributed by atoms with E-state index in [-0.39, 0.29) is 24.0 Å². The van der Waals surface area contributed by atoms with Gasteiger partial charge in [0.05, 0.1) is 11.1 Å². The topological polar surface area (TPSA) is 156 Å². The van der Waals surface area contributed by atoms with Gasteiger partial charge >= 0.3 is 0 Å². The molecule has 0 bridgehead atoms.